The number of aromatic nitrogens is 3. The summed E-state index contributed by atoms with van der Waals surface area (Å²) in [6.45, 7) is 1.39. The van der Waals surface area contributed by atoms with E-state index in [2.05, 4.69) is 15.2 Å². The van der Waals surface area contributed by atoms with Crippen LogP contribution in [0.2, 0.25) is 0 Å². The van der Waals surface area contributed by atoms with Crippen molar-refractivity contribution in [1.82, 2.24) is 20.1 Å². The largest absolute Gasteiger partial charge is 0.465 e. The zero-order valence-corrected chi connectivity index (χ0v) is 11.7. The first kappa shape index (κ1) is 12.5. The van der Waals surface area contributed by atoms with Gasteiger partial charge in [0, 0.05) is 31.3 Å². The average molecular weight is 296 g/mol. The lowest BCUT2D eigenvalue weighted by Gasteiger charge is -2.31. The van der Waals surface area contributed by atoms with E-state index in [-0.39, 0.29) is 12.0 Å². The Morgan fingerprint density at radius 3 is 2.84 bits per heavy atom. The average Bonchev–Trinajstić information content (AvgIpc) is 3.12. The number of hydrogen-bond donors (Lipinski definition) is 0. The quantitative estimate of drug-likeness (QED) is 0.862. The van der Waals surface area contributed by atoms with Crippen LogP contribution in [0.3, 0.4) is 0 Å². The van der Waals surface area contributed by atoms with Crippen molar-refractivity contribution in [3.63, 3.8) is 0 Å². The Kier molecular flexibility index (Phi) is 3.69. The Bertz CT molecular complexity index is 521. The molecule has 0 bridgehead atoms. The van der Waals surface area contributed by atoms with Crippen LogP contribution in [0.15, 0.2) is 16.4 Å². The monoisotopic (exact) mass is 296 g/mol. The summed E-state index contributed by atoms with van der Waals surface area (Å²) in [5.74, 6) is 0.00983. The third-order valence-corrected chi connectivity index (χ3v) is 4.15. The minimum Gasteiger partial charge on any atom is -0.465 e. The minimum atomic E-state index is 0.00983. The van der Waals surface area contributed by atoms with Gasteiger partial charge in [0.1, 0.15) is 17.3 Å². The van der Waals surface area contributed by atoms with Crippen LogP contribution in [0.25, 0.3) is 0 Å². The molecular formula is C11H12N4O2S2. The fourth-order valence-corrected chi connectivity index (χ4v) is 3.01. The highest BCUT2D eigenvalue weighted by molar-refractivity contribution is 7.11. The number of piperidine rings is 1. The molecule has 100 valence electrons. The molecule has 1 aliphatic rings. The summed E-state index contributed by atoms with van der Waals surface area (Å²) >= 11 is 2.83. The second kappa shape index (κ2) is 5.62. The molecule has 1 amide bonds. The summed E-state index contributed by atoms with van der Waals surface area (Å²) in [4.78, 5) is 18.0. The lowest BCUT2D eigenvalue weighted by molar-refractivity contribution is 0.0589. The highest BCUT2D eigenvalue weighted by Gasteiger charge is 2.25. The molecule has 0 unspecified atom stereocenters. The van der Waals surface area contributed by atoms with Crippen molar-refractivity contribution in [2.24, 2.45) is 0 Å². The second-order valence-electron chi connectivity index (χ2n) is 4.19. The van der Waals surface area contributed by atoms with Crippen molar-refractivity contribution in [1.29, 1.82) is 0 Å². The summed E-state index contributed by atoms with van der Waals surface area (Å²) in [6.07, 6.45) is 1.75. The number of carbonyl (C=O) groups excluding carboxylic acids is 1. The highest BCUT2D eigenvalue weighted by atomic mass is 32.1. The zero-order valence-electron chi connectivity index (χ0n) is 10.1. The molecule has 0 aliphatic carbocycles. The van der Waals surface area contributed by atoms with Crippen molar-refractivity contribution in [3.05, 3.63) is 22.1 Å². The van der Waals surface area contributed by atoms with Crippen LogP contribution in [0.1, 0.15) is 23.3 Å². The first-order chi connectivity index (χ1) is 9.33. The molecule has 0 N–H and O–H groups in total. The Morgan fingerprint density at radius 1 is 1.37 bits per heavy atom. The van der Waals surface area contributed by atoms with Crippen molar-refractivity contribution in [2.45, 2.75) is 18.9 Å². The van der Waals surface area contributed by atoms with Crippen LogP contribution < -0.4 is 4.74 Å². The van der Waals surface area contributed by atoms with Crippen LogP contribution in [0, 0.1) is 0 Å². The predicted octanol–water partition coefficient (Wildman–Crippen LogP) is 1.68. The minimum absolute atomic E-state index is 0.00983. The van der Waals surface area contributed by atoms with Gasteiger partial charge in [-0.3, -0.25) is 4.79 Å². The highest BCUT2D eigenvalue weighted by Crippen LogP contribution is 2.20. The maximum absolute atomic E-state index is 12.1. The molecule has 1 fully saturated rings. The first-order valence-electron chi connectivity index (χ1n) is 5.93. The topological polar surface area (TPSA) is 68.2 Å². The third-order valence-electron chi connectivity index (χ3n) is 2.99. The number of nitrogens with zero attached hydrogens (tertiary/aromatic N) is 4. The smallest absolute Gasteiger partial charge is 0.294 e. The molecule has 3 rings (SSSR count). The summed E-state index contributed by atoms with van der Waals surface area (Å²) in [6, 6.07) is 0. The molecule has 19 heavy (non-hydrogen) atoms. The van der Waals surface area contributed by atoms with Gasteiger partial charge in [0.25, 0.3) is 11.1 Å². The molecule has 0 aromatic carbocycles. The Morgan fingerprint density at radius 2 is 2.21 bits per heavy atom. The molecule has 6 nitrogen and oxygen atoms in total. The van der Waals surface area contributed by atoms with Crippen molar-refractivity contribution in [3.8, 4) is 5.19 Å². The van der Waals surface area contributed by atoms with Gasteiger partial charge in [0.15, 0.2) is 0 Å². The molecule has 2 aromatic rings. The maximum Gasteiger partial charge on any atom is 0.294 e. The number of rotatable bonds is 3. The van der Waals surface area contributed by atoms with E-state index in [1.54, 1.807) is 16.4 Å². The maximum atomic E-state index is 12.1. The van der Waals surface area contributed by atoms with Crippen LogP contribution >= 0.6 is 22.7 Å². The fraction of sp³-hybridized carbons (Fsp3) is 0.455. The van der Waals surface area contributed by atoms with E-state index in [0.717, 1.165) is 12.8 Å². The van der Waals surface area contributed by atoms with E-state index in [0.29, 0.717) is 24.0 Å². The van der Waals surface area contributed by atoms with E-state index in [4.69, 9.17) is 4.74 Å². The van der Waals surface area contributed by atoms with Gasteiger partial charge in [-0.1, -0.05) is 11.3 Å². The first-order valence-corrected chi connectivity index (χ1v) is 7.75. The molecule has 1 saturated heterocycles. The van der Waals surface area contributed by atoms with Gasteiger partial charge in [-0.15, -0.1) is 21.5 Å². The van der Waals surface area contributed by atoms with Gasteiger partial charge in [-0.25, -0.2) is 4.98 Å². The summed E-state index contributed by atoms with van der Waals surface area (Å²) < 4.78 is 5.71. The Labute approximate surface area is 118 Å². The number of carbonyl (C=O) groups is 1. The number of thiazole rings is 1. The Balaban J connectivity index is 1.53. The second-order valence-corrected chi connectivity index (χ2v) is 5.70. The molecule has 3 heterocycles. The van der Waals surface area contributed by atoms with Crippen molar-refractivity contribution >= 4 is 28.6 Å². The SMILES string of the molecule is O=C(c1cscn1)N1CCC(Oc2nncs2)CC1. The van der Waals surface area contributed by atoms with E-state index in [1.807, 2.05) is 4.90 Å². The van der Waals surface area contributed by atoms with Crippen LogP contribution in [-0.2, 0) is 0 Å². The van der Waals surface area contributed by atoms with Crippen LogP contribution in [-0.4, -0.2) is 45.2 Å². The van der Waals surface area contributed by atoms with Gasteiger partial charge in [-0.2, -0.15) is 0 Å². The van der Waals surface area contributed by atoms with Crippen LogP contribution in [0.5, 0.6) is 5.19 Å². The Hall–Kier alpha value is -1.54. The number of ether oxygens (including phenoxy) is 1. The van der Waals surface area contributed by atoms with Crippen LogP contribution in [0.4, 0.5) is 0 Å². The summed E-state index contributed by atoms with van der Waals surface area (Å²) in [7, 11) is 0. The number of hydrogen-bond acceptors (Lipinski definition) is 7. The predicted molar refractivity (Wildman–Crippen MR) is 71.6 cm³/mol. The van der Waals surface area contributed by atoms with E-state index < -0.39 is 0 Å². The standard InChI is InChI=1S/C11H12N4O2S2/c16-10(9-5-18-6-12-9)15-3-1-8(2-4-15)17-11-14-13-7-19-11/h5-8H,1-4H2. The zero-order chi connectivity index (χ0) is 13.1. The van der Waals surface area contributed by atoms with Gasteiger partial charge < -0.3 is 9.64 Å². The molecule has 1 aliphatic heterocycles. The molecule has 0 radical (unpaired) electrons. The van der Waals surface area contributed by atoms with Crippen molar-refractivity contribution < 1.29 is 9.53 Å². The summed E-state index contributed by atoms with van der Waals surface area (Å²) in [5.41, 5.74) is 3.86. The molecule has 0 spiro atoms. The molecule has 2 aromatic heterocycles. The lowest BCUT2D eigenvalue weighted by atomic mass is 10.1. The lowest BCUT2D eigenvalue weighted by Crippen LogP contribution is -2.41. The molecule has 8 heteroatoms. The normalized spacial score (nSPS) is 16.5. The van der Waals surface area contributed by atoms with Gasteiger partial charge in [-0.05, 0) is 0 Å². The van der Waals surface area contributed by atoms with Crippen molar-refractivity contribution in [2.75, 3.05) is 13.1 Å². The fourth-order valence-electron chi connectivity index (χ4n) is 2.01. The van der Waals surface area contributed by atoms with Gasteiger partial charge >= 0.3 is 0 Å². The molecule has 0 atom stereocenters. The van der Waals surface area contributed by atoms with Gasteiger partial charge in [0.05, 0.1) is 5.51 Å². The number of likely N-dealkylation sites (tertiary alicyclic amines) is 1. The van der Waals surface area contributed by atoms with E-state index >= 15 is 0 Å². The summed E-state index contributed by atoms with van der Waals surface area (Å²) in [5, 5.41) is 9.98. The number of amides is 1. The van der Waals surface area contributed by atoms with Gasteiger partial charge in [0.2, 0.25) is 0 Å². The third kappa shape index (κ3) is 2.90. The van der Waals surface area contributed by atoms with E-state index in [9.17, 15) is 4.79 Å². The molecular weight excluding hydrogens is 284 g/mol. The molecule has 0 saturated carbocycles. The van der Waals surface area contributed by atoms with E-state index in [1.165, 1.54) is 22.7 Å².